The molecule has 1 saturated heterocycles. The molecule has 1 unspecified atom stereocenters. The first-order valence-electron chi connectivity index (χ1n) is 7.09. The van der Waals surface area contributed by atoms with Crippen molar-refractivity contribution in [2.75, 3.05) is 13.1 Å². The van der Waals surface area contributed by atoms with E-state index in [9.17, 15) is 5.11 Å². The lowest BCUT2D eigenvalue weighted by Gasteiger charge is -2.23. The highest BCUT2D eigenvalue weighted by Crippen LogP contribution is 2.34. The summed E-state index contributed by atoms with van der Waals surface area (Å²) in [5, 5.41) is 15.2. The normalized spacial score (nSPS) is 29.1. The summed E-state index contributed by atoms with van der Waals surface area (Å²) < 4.78 is 2.02. The third kappa shape index (κ3) is 2.31. The molecule has 18 heavy (non-hydrogen) atoms. The van der Waals surface area contributed by atoms with E-state index in [0.29, 0.717) is 0 Å². The molecule has 0 bridgehead atoms. The quantitative estimate of drug-likeness (QED) is 0.876. The summed E-state index contributed by atoms with van der Waals surface area (Å²) in [6.45, 7) is 6.90. The van der Waals surface area contributed by atoms with Crippen molar-refractivity contribution < 1.29 is 5.11 Å². The Morgan fingerprint density at radius 1 is 1.50 bits per heavy atom. The Labute approximate surface area is 109 Å². The number of nitrogens with zero attached hydrogens (tertiary/aromatic N) is 3. The minimum absolute atomic E-state index is 0.540. The van der Waals surface area contributed by atoms with Crippen molar-refractivity contribution in [3.8, 4) is 0 Å². The fraction of sp³-hybridized carbons (Fsp3) is 0.786. The van der Waals surface area contributed by atoms with E-state index in [1.54, 1.807) is 0 Å². The fourth-order valence-electron chi connectivity index (χ4n) is 3.14. The number of β-amino-alcohol motifs (C(OH)–C–C–N with tert-alkyl or cyclic N) is 1. The molecule has 0 radical (unpaired) electrons. The predicted octanol–water partition coefficient (Wildman–Crippen LogP) is 1.35. The van der Waals surface area contributed by atoms with E-state index in [4.69, 9.17) is 0 Å². The van der Waals surface area contributed by atoms with Crippen molar-refractivity contribution in [2.24, 2.45) is 0 Å². The molecule has 0 aromatic carbocycles. The second kappa shape index (κ2) is 4.35. The highest BCUT2D eigenvalue weighted by atomic mass is 16.3. The van der Waals surface area contributed by atoms with Crippen LogP contribution in [0.3, 0.4) is 0 Å². The summed E-state index contributed by atoms with van der Waals surface area (Å²) in [5.74, 6) is 0. The van der Waals surface area contributed by atoms with Crippen LogP contribution in [-0.2, 0) is 13.0 Å². The van der Waals surface area contributed by atoms with Gasteiger partial charge >= 0.3 is 0 Å². The Kier molecular flexibility index (Phi) is 2.94. The number of rotatable bonds is 4. The van der Waals surface area contributed by atoms with Gasteiger partial charge in [-0.3, -0.25) is 9.58 Å². The Bertz CT molecular complexity index is 438. The van der Waals surface area contributed by atoms with Gasteiger partial charge in [0.25, 0.3) is 0 Å². The molecular formula is C14H23N3O. The molecule has 4 nitrogen and oxygen atoms in total. The Hall–Kier alpha value is -0.870. The van der Waals surface area contributed by atoms with Crippen LogP contribution in [0, 0.1) is 6.92 Å². The smallest absolute Gasteiger partial charge is 0.0841 e. The molecule has 0 spiro atoms. The van der Waals surface area contributed by atoms with E-state index in [0.717, 1.165) is 44.2 Å². The van der Waals surface area contributed by atoms with E-state index < -0.39 is 5.60 Å². The van der Waals surface area contributed by atoms with Crippen molar-refractivity contribution in [1.82, 2.24) is 14.7 Å². The SMILES string of the molecule is CCn1nc(C)cc1CC1(O)CCN(C2CC2)C1. The maximum Gasteiger partial charge on any atom is 0.0841 e. The molecule has 1 aromatic heterocycles. The van der Waals surface area contributed by atoms with Crippen LogP contribution in [0.15, 0.2) is 6.07 Å². The summed E-state index contributed by atoms with van der Waals surface area (Å²) in [4.78, 5) is 2.46. The topological polar surface area (TPSA) is 41.3 Å². The molecule has 2 aliphatic rings. The standard InChI is InChI=1S/C14H23N3O/c1-3-17-13(8-11(2)15-17)9-14(18)6-7-16(10-14)12-4-5-12/h8,12,18H,3-7,9-10H2,1-2H3. The van der Waals surface area contributed by atoms with Crippen LogP contribution in [0.5, 0.6) is 0 Å². The van der Waals surface area contributed by atoms with Crippen LogP contribution >= 0.6 is 0 Å². The number of aromatic nitrogens is 2. The van der Waals surface area contributed by atoms with Gasteiger partial charge in [0, 0.05) is 37.8 Å². The van der Waals surface area contributed by atoms with Gasteiger partial charge in [-0.25, -0.2) is 0 Å². The first kappa shape index (κ1) is 12.2. The van der Waals surface area contributed by atoms with E-state index in [-0.39, 0.29) is 0 Å². The predicted molar refractivity (Wildman–Crippen MR) is 70.5 cm³/mol. The van der Waals surface area contributed by atoms with Gasteiger partial charge in [-0.05, 0) is 39.2 Å². The third-order valence-corrected chi connectivity index (χ3v) is 4.22. The molecule has 1 aliphatic carbocycles. The number of aliphatic hydroxyl groups is 1. The van der Waals surface area contributed by atoms with Gasteiger partial charge in [-0.2, -0.15) is 5.10 Å². The molecular weight excluding hydrogens is 226 g/mol. The second-order valence-electron chi connectivity index (χ2n) is 5.95. The summed E-state index contributed by atoms with van der Waals surface area (Å²) in [7, 11) is 0. The number of hydrogen-bond acceptors (Lipinski definition) is 3. The molecule has 4 heteroatoms. The molecule has 1 aromatic rings. The summed E-state index contributed by atoms with van der Waals surface area (Å²) in [6, 6.07) is 2.87. The maximum atomic E-state index is 10.7. The minimum atomic E-state index is -0.540. The zero-order valence-corrected chi connectivity index (χ0v) is 11.4. The van der Waals surface area contributed by atoms with Gasteiger partial charge in [0.1, 0.15) is 0 Å². The molecule has 0 amide bonds. The largest absolute Gasteiger partial charge is 0.388 e. The van der Waals surface area contributed by atoms with Gasteiger partial charge in [-0.15, -0.1) is 0 Å². The lowest BCUT2D eigenvalue weighted by molar-refractivity contribution is 0.0467. The third-order valence-electron chi connectivity index (χ3n) is 4.22. The van der Waals surface area contributed by atoms with Crippen LogP contribution in [0.4, 0.5) is 0 Å². The van der Waals surface area contributed by atoms with Crippen molar-refractivity contribution in [3.63, 3.8) is 0 Å². The average Bonchev–Trinajstić information content (AvgIpc) is 3.02. The Morgan fingerprint density at radius 2 is 2.28 bits per heavy atom. The van der Waals surface area contributed by atoms with Gasteiger partial charge in [0.05, 0.1) is 11.3 Å². The molecule has 3 rings (SSSR count). The first-order valence-corrected chi connectivity index (χ1v) is 7.09. The van der Waals surface area contributed by atoms with Gasteiger partial charge < -0.3 is 5.11 Å². The zero-order chi connectivity index (χ0) is 12.8. The van der Waals surface area contributed by atoms with E-state index >= 15 is 0 Å². The van der Waals surface area contributed by atoms with Crippen molar-refractivity contribution in [1.29, 1.82) is 0 Å². The fourth-order valence-corrected chi connectivity index (χ4v) is 3.14. The summed E-state index contributed by atoms with van der Waals surface area (Å²) >= 11 is 0. The highest BCUT2D eigenvalue weighted by molar-refractivity contribution is 5.13. The molecule has 100 valence electrons. The average molecular weight is 249 g/mol. The molecule has 1 saturated carbocycles. The number of hydrogen-bond donors (Lipinski definition) is 1. The summed E-state index contributed by atoms with van der Waals surface area (Å²) in [5.41, 5.74) is 1.68. The van der Waals surface area contributed by atoms with Crippen LogP contribution in [0.2, 0.25) is 0 Å². The molecule has 1 N–H and O–H groups in total. The van der Waals surface area contributed by atoms with Gasteiger partial charge in [0.2, 0.25) is 0 Å². The molecule has 1 aliphatic heterocycles. The lowest BCUT2D eigenvalue weighted by Crippen LogP contribution is -2.36. The molecule has 1 atom stereocenters. The van der Waals surface area contributed by atoms with E-state index in [2.05, 4.69) is 23.0 Å². The summed E-state index contributed by atoms with van der Waals surface area (Å²) in [6.07, 6.45) is 4.28. The molecule has 2 fully saturated rings. The maximum absolute atomic E-state index is 10.7. The van der Waals surface area contributed by atoms with E-state index in [1.165, 1.54) is 18.5 Å². The Balaban J connectivity index is 1.71. The van der Waals surface area contributed by atoms with Gasteiger partial charge in [0.15, 0.2) is 0 Å². The monoisotopic (exact) mass is 249 g/mol. The second-order valence-corrected chi connectivity index (χ2v) is 5.95. The molecule has 2 heterocycles. The number of aryl methyl sites for hydroxylation is 2. The van der Waals surface area contributed by atoms with Crippen molar-refractivity contribution >= 4 is 0 Å². The van der Waals surface area contributed by atoms with Crippen LogP contribution in [-0.4, -0.2) is 44.5 Å². The van der Waals surface area contributed by atoms with Crippen LogP contribution in [0.25, 0.3) is 0 Å². The van der Waals surface area contributed by atoms with E-state index in [1.807, 2.05) is 11.6 Å². The van der Waals surface area contributed by atoms with Crippen LogP contribution in [0.1, 0.15) is 37.6 Å². The Morgan fingerprint density at radius 3 is 2.94 bits per heavy atom. The lowest BCUT2D eigenvalue weighted by atomic mass is 9.96. The van der Waals surface area contributed by atoms with Crippen molar-refractivity contribution in [2.45, 2.75) is 57.7 Å². The zero-order valence-electron chi connectivity index (χ0n) is 11.4. The van der Waals surface area contributed by atoms with Gasteiger partial charge in [-0.1, -0.05) is 0 Å². The van der Waals surface area contributed by atoms with Crippen molar-refractivity contribution in [3.05, 3.63) is 17.5 Å². The highest BCUT2D eigenvalue weighted by Gasteiger charge is 2.42. The number of likely N-dealkylation sites (tertiary alicyclic amines) is 1. The van der Waals surface area contributed by atoms with Crippen LogP contribution < -0.4 is 0 Å². The minimum Gasteiger partial charge on any atom is -0.388 e. The first-order chi connectivity index (χ1) is 8.59.